The van der Waals surface area contributed by atoms with Crippen molar-refractivity contribution in [1.82, 2.24) is 10.2 Å². The summed E-state index contributed by atoms with van der Waals surface area (Å²) in [7, 11) is 1.29. The zero-order valence-corrected chi connectivity index (χ0v) is 13.1. The Morgan fingerprint density at radius 1 is 1.39 bits per heavy atom. The lowest BCUT2D eigenvalue weighted by Gasteiger charge is -2.47. The third-order valence-corrected chi connectivity index (χ3v) is 3.61. The van der Waals surface area contributed by atoms with E-state index in [9.17, 15) is 19.7 Å². The molecule has 0 aromatic heterocycles. The number of anilines is 1. The molecule has 1 fully saturated rings. The summed E-state index contributed by atoms with van der Waals surface area (Å²) < 4.78 is 4.59. The predicted octanol–water partition coefficient (Wildman–Crippen LogP) is 1.87. The second-order valence-electron chi connectivity index (χ2n) is 5.72. The number of likely N-dealkylation sites (tertiary alicyclic amines) is 1. The van der Waals surface area contributed by atoms with E-state index in [1.807, 2.05) is 0 Å². The molecule has 1 aromatic carbocycles. The smallest absolute Gasteiger partial charge is 0.409 e. The second-order valence-corrected chi connectivity index (χ2v) is 5.72. The molecular weight excluding hydrogens is 304 g/mol. The van der Waals surface area contributed by atoms with Crippen LogP contribution in [0, 0.1) is 17.0 Å². The molecule has 0 spiro atoms. The molecule has 0 unspecified atom stereocenters. The van der Waals surface area contributed by atoms with Crippen molar-refractivity contribution in [3.63, 3.8) is 0 Å². The number of carbonyl (C=O) groups excluding carboxylic acids is 2. The van der Waals surface area contributed by atoms with Gasteiger partial charge in [0.05, 0.1) is 23.3 Å². The molecule has 1 aliphatic rings. The molecule has 3 amide bonds. The first-order valence-electron chi connectivity index (χ1n) is 6.91. The van der Waals surface area contributed by atoms with E-state index in [-0.39, 0.29) is 5.69 Å². The van der Waals surface area contributed by atoms with Crippen molar-refractivity contribution in [2.75, 3.05) is 25.5 Å². The van der Waals surface area contributed by atoms with E-state index in [2.05, 4.69) is 15.4 Å². The molecule has 1 heterocycles. The van der Waals surface area contributed by atoms with Gasteiger partial charge in [0.2, 0.25) is 0 Å². The van der Waals surface area contributed by atoms with E-state index < -0.39 is 22.6 Å². The number of methoxy groups -OCH3 is 1. The Morgan fingerprint density at radius 2 is 2.04 bits per heavy atom. The quantitative estimate of drug-likeness (QED) is 0.651. The van der Waals surface area contributed by atoms with Crippen LogP contribution >= 0.6 is 0 Å². The third kappa shape index (κ3) is 3.68. The van der Waals surface area contributed by atoms with Gasteiger partial charge in [-0.1, -0.05) is 6.07 Å². The first kappa shape index (κ1) is 16.5. The van der Waals surface area contributed by atoms with Crippen LogP contribution in [0.15, 0.2) is 18.2 Å². The summed E-state index contributed by atoms with van der Waals surface area (Å²) in [5.74, 6) is 0. The number of ether oxygens (including phenoxy) is 1. The summed E-state index contributed by atoms with van der Waals surface area (Å²) >= 11 is 0. The van der Waals surface area contributed by atoms with Crippen LogP contribution in [0.25, 0.3) is 0 Å². The number of amides is 3. The molecular formula is C14H18N4O5. The number of nitro groups is 1. The van der Waals surface area contributed by atoms with Crippen LogP contribution < -0.4 is 10.6 Å². The summed E-state index contributed by atoms with van der Waals surface area (Å²) in [5, 5.41) is 16.1. The number of urea groups is 1. The predicted molar refractivity (Wildman–Crippen MR) is 82.4 cm³/mol. The van der Waals surface area contributed by atoms with Gasteiger partial charge in [0.25, 0.3) is 5.69 Å². The van der Waals surface area contributed by atoms with E-state index in [4.69, 9.17) is 0 Å². The maximum absolute atomic E-state index is 12.1. The van der Waals surface area contributed by atoms with Crippen LogP contribution in [0.3, 0.4) is 0 Å². The van der Waals surface area contributed by atoms with Gasteiger partial charge in [-0.3, -0.25) is 10.1 Å². The normalized spacial score (nSPS) is 15.3. The number of rotatable bonds is 3. The SMILES string of the molecule is COC(=O)N1CC(C)(NC(=O)Nc2cc([N+](=O)[O-])ccc2C)C1. The van der Waals surface area contributed by atoms with Gasteiger partial charge in [-0.2, -0.15) is 0 Å². The number of hydrogen-bond donors (Lipinski definition) is 2. The minimum Gasteiger partial charge on any atom is -0.453 e. The fraction of sp³-hybridized carbons (Fsp3) is 0.429. The average molecular weight is 322 g/mol. The Hall–Kier alpha value is -2.84. The molecule has 1 aliphatic heterocycles. The van der Waals surface area contributed by atoms with Gasteiger partial charge in [-0.05, 0) is 19.4 Å². The Labute approximate surface area is 132 Å². The van der Waals surface area contributed by atoms with Crippen molar-refractivity contribution >= 4 is 23.5 Å². The second kappa shape index (κ2) is 6.11. The van der Waals surface area contributed by atoms with Crippen LogP contribution in [0.2, 0.25) is 0 Å². The number of nitrogens with zero attached hydrogens (tertiary/aromatic N) is 2. The van der Waals surface area contributed by atoms with Crippen LogP contribution in [0.1, 0.15) is 12.5 Å². The van der Waals surface area contributed by atoms with Gasteiger partial charge in [-0.15, -0.1) is 0 Å². The monoisotopic (exact) mass is 322 g/mol. The summed E-state index contributed by atoms with van der Waals surface area (Å²) in [6, 6.07) is 3.76. The number of aryl methyl sites for hydroxylation is 1. The molecule has 0 saturated carbocycles. The van der Waals surface area contributed by atoms with E-state index >= 15 is 0 Å². The number of benzene rings is 1. The van der Waals surface area contributed by atoms with Gasteiger partial charge in [-0.25, -0.2) is 9.59 Å². The Morgan fingerprint density at radius 3 is 2.61 bits per heavy atom. The van der Waals surface area contributed by atoms with E-state index in [0.717, 1.165) is 0 Å². The number of nitro benzene ring substituents is 1. The topological polar surface area (TPSA) is 114 Å². The zero-order valence-electron chi connectivity index (χ0n) is 13.1. The van der Waals surface area contributed by atoms with E-state index in [1.54, 1.807) is 19.9 Å². The van der Waals surface area contributed by atoms with Crippen molar-refractivity contribution in [2.45, 2.75) is 19.4 Å². The van der Waals surface area contributed by atoms with Gasteiger partial charge >= 0.3 is 12.1 Å². The van der Waals surface area contributed by atoms with Crippen LogP contribution in [-0.4, -0.2) is 47.7 Å². The van der Waals surface area contributed by atoms with Crippen molar-refractivity contribution in [2.24, 2.45) is 0 Å². The van der Waals surface area contributed by atoms with Crippen LogP contribution in [-0.2, 0) is 4.74 Å². The average Bonchev–Trinajstić information content (AvgIpc) is 2.45. The highest BCUT2D eigenvalue weighted by Gasteiger charge is 2.43. The first-order valence-corrected chi connectivity index (χ1v) is 6.91. The molecule has 0 aliphatic carbocycles. The highest BCUT2D eigenvalue weighted by atomic mass is 16.6. The molecule has 0 atom stereocenters. The highest BCUT2D eigenvalue weighted by molar-refractivity contribution is 5.91. The maximum Gasteiger partial charge on any atom is 0.409 e. The number of non-ortho nitro benzene ring substituents is 1. The molecule has 2 rings (SSSR count). The Balaban J connectivity index is 1.97. The molecule has 1 saturated heterocycles. The third-order valence-electron chi connectivity index (χ3n) is 3.61. The molecule has 23 heavy (non-hydrogen) atoms. The summed E-state index contributed by atoms with van der Waals surface area (Å²) in [6.07, 6.45) is -0.445. The van der Waals surface area contributed by atoms with Crippen molar-refractivity contribution in [3.8, 4) is 0 Å². The minimum absolute atomic E-state index is 0.0994. The van der Waals surface area contributed by atoms with E-state index in [1.165, 1.54) is 24.1 Å². The van der Waals surface area contributed by atoms with Gasteiger partial charge in [0.1, 0.15) is 0 Å². The Kier molecular flexibility index (Phi) is 4.39. The van der Waals surface area contributed by atoms with Gasteiger partial charge in [0, 0.05) is 25.2 Å². The zero-order chi connectivity index (χ0) is 17.2. The van der Waals surface area contributed by atoms with Crippen LogP contribution in [0.4, 0.5) is 21.0 Å². The molecule has 1 aromatic rings. The fourth-order valence-corrected chi connectivity index (χ4v) is 2.42. The molecule has 9 nitrogen and oxygen atoms in total. The summed E-state index contributed by atoms with van der Waals surface area (Å²) in [5.41, 5.74) is 0.412. The van der Waals surface area contributed by atoms with Crippen molar-refractivity contribution < 1.29 is 19.2 Å². The number of carbonyl (C=O) groups is 2. The van der Waals surface area contributed by atoms with Crippen molar-refractivity contribution in [3.05, 3.63) is 33.9 Å². The van der Waals surface area contributed by atoms with Gasteiger partial charge < -0.3 is 20.3 Å². The highest BCUT2D eigenvalue weighted by Crippen LogP contribution is 2.23. The van der Waals surface area contributed by atoms with E-state index in [0.29, 0.717) is 24.3 Å². The lowest BCUT2D eigenvalue weighted by atomic mass is 9.93. The van der Waals surface area contributed by atoms with Gasteiger partial charge in [0.15, 0.2) is 0 Å². The van der Waals surface area contributed by atoms with Crippen LogP contribution in [0.5, 0.6) is 0 Å². The largest absolute Gasteiger partial charge is 0.453 e. The molecule has 9 heteroatoms. The molecule has 124 valence electrons. The lowest BCUT2D eigenvalue weighted by Crippen LogP contribution is -2.70. The Bertz CT molecular complexity index is 655. The van der Waals surface area contributed by atoms with Crippen molar-refractivity contribution in [1.29, 1.82) is 0 Å². The summed E-state index contributed by atoms with van der Waals surface area (Å²) in [6.45, 7) is 4.21. The molecule has 2 N–H and O–H groups in total. The first-order chi connectivity index (χ1) is 10.7. The molecule has 0 radical (unpaired) electrons. The lowest BCUT2D eigenvalue weighted by molar-refractivity contribution is -0.384. The fourth-order valence-electron chi connectivity index (χ4n) is 2.42. The minimum atomic E-state index is -0.563. The number of nitrogens with one attached hydrogen (secondary N) is 2. The molecule has 0 bridgehead atoms. The summed E-state index contributed by atoms with van der Waals surface area (Å²) in [4.78, 5) is 35.1. The standard InChI is InChI=1S/C14H18N4O5/c1-9-4-5-10(18(21)22)6-11(9)15-12(19)16-14(2)7-17(8-14)13(20)23-3/h4-6H,7-8H2,1-3H3,(H2,15,16,19). The number of hydrogen-bond acceptors (Lipinski definition) is 5. The maximum atomic E-state index is 12.1.